The summed E-state index contributed by atoms with van der Waals surface area (Å²) in [6.45, 7) is 1.79. The van der Waals surface area contributed by atoms with Crippen LogP contribution in [0.5, 0.6) is 11.5 Å². The zero-order valence-electron chi connectivity index (χ0n) is 20.0. The maximum Gasteiger partial charge on any atom is 0.270 e. The number of thiocarbonyl (C=S) groups is 1. The number of hydrogen-bond acceptors (Lipinski definition) is 6. The highest BCUT2D eigenvalue weighted by molar-refractivity contribution is 9.10. The van der Waals surface area contributed by atoms with E-state index in [1.807, 2.05) is 6.07 Å². The van der Waals surface area contributed by atoms with Crippen molar-refractivity contribution in [2.24, 2.45) is 0 Å². The Morgan fingerprint density at radius 2 is 1.82 bits per heavy atom. The zero-order chi connectivity index (χ0) is 27.2. The van der Waals surface area contributed by atoms with Gasteiger partial charge in [-0.15, -0.1) is 0 Å². The molecule has 0 saturated carbocycles. The van der Waals surface area contributed by atoms with Gasteiger partial charge in [0.05, 0.1) is 27.5 Å². The van der Waals surface area contributed by atoms with Crippen LogP contribution >= 0.6 is 39.7 Å². The fourth-order valence-electron chi connectivity index (χ4n) is 3.60. The van der Waals surface area contributed by atoms with Gasteiger partial charge < -0.3 is 14.8 Å². The summed E-state index contributed by atoms with van der Waals surface area (Å²) in [5, 5.41) is 5.65. The molecule has 11 heteroatoms. The van der Waals surface area contributed by atoms with Gasteiger partial charge in [0.15, 0.2) is 23.2 Å². The average molecular weight is 615 g/mol. The van der Waals surface area contributed by atoms with Crippen LogP contribution in [0.3, 0.4) is 0 Å². The molecule has 1 saturated heterocycles. The van der Waals surface area contributed by atoms with E-state index < -0.39 is 17.7 Å². The van der Waals surface area contributed by atoms with Crippen LogP contribution in [0.2, 0.25) is 5.02 Å². The molecular weight excluding hydrogens is 594 g/mol. The summed E-state index contributed by atoms with van der Waals surface area (Å²) in [4.78, 5) is 39.6. The SMILES string of the molecule is CCOc1cc(/C=C2/C(=O)NC(=S)N(c3ccccc3)C2=O)cc(Br)c1OCC(=O)Nc1ccccc1Cl. The molecule has 0 bridgehead atoms. The first-order valence-corrected chi connectivity index (χ1v) is 13.0. The molecule has 2 N–H and O–H groups in total. The number of amides is 3. The Kier molecular flexibility index (Phi) is 8.77. The quantitative estimate of drug-likeness (QED) is 0.202. The number of hydrogen-bond donors (Lipinski definition) is 2. The van der Waals surface area contributed by atoms with Gasteiger partial charge in [-0.25, -0.2) is 0 Å². The van der Waals surface area contributed by atoms with Crippen molar-refractivity contribution in [1.82, 2.24) is 5.32 Å². The number of anilines is 2. The second-order valence-electron chi connectivity index (χ2n) is 7.87. The molecule has 0 aliphatic carbocycles. The molecule has 1 aliphatic heterocycles. The highest BCUT2D eigenvalue weighted by Crippen LogP contribution is 2.38. The molecule has 0 unspecified atom stereocenters. The van der Waals surface area contributed by atoms with Gasteiger partial charge >= 0.3 is 0 Å². The minimum atomic E-state index is -0.613. The van der Waals surface area contributed by atoms with Gasteiger partial charge in [0.25, 0.3) is 17.7 Å². The van der Waals surface area contributed by atoms with Crippen LogP contribution in [0.25, 0.3) is 6.08 Å². The second-order valence-corrected chi connectivity index (χ2v) is 9.52. The van der Waals surface area contributed by atoms with Crippen molar-refractivity contribution >= 4 is 80.0 Å². The molecule has 4 rings (SSSR count). The normalized spacial score (nSPS) is 14.3. The van der Waals surface area contributed by atoms with Crippen LogP contribution in [-0.4, -0.2) is 36.0 Å². The fourth-order valence-corrected chi connectivity index (χ4v) is 4.63. The van der Waals surface area contributed by atoms with Crippen molar-refractivity contribution in [3.8, 4) is 11.5 Å². The Labute approximate surface area is 237 Å². The van der Waals surface area contributed by atoms with E-state index in [2.05, 4.69) is 26.6 Å². The Bertz CT molecular complexity index is 1450. The number of carbonyl (C=O) groups excluding carboxylic acids is 3. The maximum atomic E-state index is 13.3. The Balaban J connectivity index is 1.58. The number of halogens is 2. The molecular formula is C27H21BrClN3O5S. The fraction of sp³-hybridized carbons (Fsp3) is 0.111. The lowest BCUT2D eigenvalue weighted by Gasteiger charge is -2.28. The third-order valence-corrected chi connectivity index (χ3v) is 6.46. The molecule has 3 aromatic carbocycles. The Hall–Kier alpha value is -3.73. The van der Waals surface area contributed by atoms with Gasteiger partial charge in [-0.05, 0) is 83.1 Å². The highest BCUT2D eigenvalue weighted by Gasteiger charge is 2.34. The molecule has 0 aromatic heterocycles. The summed E-state index contributed by atoms with van der Waals surface area (Å²) >= 11 is 14.8. The smallest absolute Gasteiger partial charge is 0.270 e. The summed E-state index contributed by atoms with van der Waals surface area (Å²) < 4.78 is 11.9. The third-order valence-electron chi connectivity index (χ3n) is 5.25. The number of ether oxygens (including phenoxy) is 2. The van der Waals surface area contributed by atoms with Gasteiger partial charge in [-0.2, -0.15) is 0 Å². The van der Waals surface area contributed by atoms with E-state index in [1.165, 1.54) is 11.0 Å². The number of nitrogens with zero attached hydrogens (tertiary/aromatic N) is 1. The molecule has 0 atom stereocenters. The molecule has 3 amide bonds. The molecule has 194 valence electrons. The first-order chi connectivity index (χ1) is 18.3. The van der Waals surface area contributed by atoms with E-state index in [-0.39, 0.29) is 23.0 Å². The number of benzene rings is 3. The highest BCUT2D eigenvalue weighted by atomic mass is 79.9. The molecule has 1 heterocycles. The largest absolute Gasteiger partial charge is 0.490 e. The standard InChI is InChI=1S/C27H21BrClN3O5S/c1-2-36-22-14-16(12-18-25(34)31-27(38)32(26(18)35)17-8-4-3-5-9-17)13-19(28)24(22)37-15-23(33)30-21-11-7-6-10-20(21)29/h3-14H,2,15H2,1H3,(H,30,33)(H,31,34,38)/b18-12-. The van der Waals surface area contributed by atoms with Gasteiger partial charge in [-0.1, -0.05) is 41.9 Å². The van der Waals surface area contributed by atoms with Crippen LogP contribution < -0.4 is 25.0 Å². The lowest BCUT2D eigenvalue weighted by molar-refractivity contribution is -0.122. The molecule has 0 spiro atoms. The summed E-state index contributed by atoms with van der Waals surface area (Å²) in [7, 11) is 0. The van der Waals surface area contributed by atoms with Gasteiger partial charge in [-0.3, -0.25) is 24.6 Å². The molecule has 8 nitrogen and oxygen atoms in total. The summed E-state index contributed by atoms with van der Waals surface area (Å²) in [6.07, 6.45) is 1.44. The van der Waals surface area contributed by atoms with E-state index in [9.17, 15) is 14.4 Å². The topological polar surface area (TPSA) is 97.0 Å². The first-order valence-electron chi connectivity index (χ1n) is 11.4. The molecule has 1 fully saturated rings. The van der Waals surface area contributed by atoms with Crippen molar-refractivity contribution in [1.29, 1.82) is 0 Å². The van der Waals surface area contributed by atoms with Crippen LogP contribution in [0, 0.1) is 0 Å². The summed E-state index contributed by atoms with van der Waals surface area (Å²) in [5.74, 6) is -0.985. The number of carbonyl (C=O) groups is 3. The lowest BCUT2D eigenvalue weighted by atomic mass is 10.1. The first kappa shape index (κ1) is 27.3. The average Bonchev–Trinajstić information content (AvgIpc) is 2.88. The van der Waals surface area contributed by atoms with Gasteiger partial charge in [0.1, 0.15) is 5.57 Å². The van der Waals surface area contributed by atoms with Crippen LogP contribution in [-0.2, 0) is 14.4 Å². The lowest BCUT2D eigenvalue weighted by Crippen LogP contribution is -2.54. The zero-order valence-corrected chi connectivity index (χ0v) is 23.2. The van der Waals surface area contributed by atoms with E-state index >= 15 is 0 Å². The van der Waals surface area contributed by atoms with E-state index in [4.69, 9.17) is 33.3 Å². The van der Waals surface area contributed by atoms with E-state index in [0.717, 1.165) is 0 Å². The maximum absolute atomic E-state index is 13.3. The van der Waals surface area contributed by atoms with E-state index in [0.29, 0.717) is 38.8 Å². The minimum Gasteiger partial charge on any atom is -0.490 e. The third kappa shape index (κ3) is 6.21. The van der Waals surface area contributed by atoms with Crippen molar-refractivity contribution in [2.75, 3.05) is 23.4 Å². The number of rotatable bonds is 8. The second kappa shape index (κ2) is 12.2. The van der Waals surface area contributed by atoms with Crippen LogP contribution in [0.4, 0.5) is 11.4 Å². The molecule has 3 aromatic rings. The molecule has 0 radical (unpaired) electrons. The Morgan fingerprint density at radius 3 is 2.53 bits per heavy atom. The molecule has 38 heavy (non-hydrogen) atoms. The van der Waals surface area contributed by atoms with Crippen LogP contribution in [0.15, 0.2) is 76.8 Å². The van der Waals surface area contributed by atoms with Crippen LogP contribution in [0.1, 0.15) is 12.5 Å². The van der Waals surface area contributed by atoms with Crippen molar-refractivity contribution in [3.05, 3.63) is 87.4 Å². The number of nitrogens with one attached hydrogen (secondary N) is 2. The van der Waals surface area contributed by atoms with Crippen molar-refractivity contribution < 1.29 is 23.9 Å². The predicted octanol–water partition coefficient (Wildman–Crippen LogP) is 5.35. The predicted molar refractivity (Wildman–Crippen MR) is 154 cm³/mol. The summed E-state index contributed by atoms with van der Waals surface area (Å²) in [6, 6.07) is 18.9. The van der Waals surface area contributed by atoms with E-state index in [1.54, 1.807) is 67.6 Å². The monoisotopic (exact) mass is 613 g/mol. The minimum absolute atomic E-state index is 0.00153. The number of para-hydroxylation sites is 2. The van der Waals surface area contributed by atoms with Gasteiger partial charge in [0, 0.05) is 0 Å². The molecule has 1 aliphatic rings. The van der Waals surface area contributed by atoms with Crippen molar-refractivity contribution in [3.63, 3.8) is 0 Å². The Morgan fingerprint density at radius 1 is 1.11 bits per heavy atom. The summed E-state index contributed by atoms with van der Waals surface area (Å²) in [5.41, 5.74) is 1.38. The van der Waals surface area contributed by atoms with Crippen molar-refractivity contribution in [2.45, 2.75) is 6.92 Å². The van der Waals surface area contributed by atoms with Gasteiger partial charge in [0.2, 0.25) is 0 Å².